The molecule has 2 aromatic rings. The number of anilines is 3. The second-order valence-electron chi connectivity index (χ2n) is 6.32. The lowest BCUT2D eigenvalue weighted by molar-refractivity contribution is -0.117. The van der Waals surface area contributed by atoms with Gasteiger partial charge in [-0.2, -0.15) is 0 Å². The highest BCUT2D eigenvalue weighted by Crippen LogP contribution is 2.33. The Morgan fingerprint density at radius 2 is 2.22 bits per heavy atom. The van der Waals surface area contributed by atoms with Crippen molar-refractivity contribution in [2.24, 2.45) is 0 Å². The van der Waals surface area contributed by atoms with Crippen LogP contribution in [0.4, 0.5) is 16.5 Å². The van der Waals surface area contributed by atoms with Crippen molar-refractivity contribution in [2.45, 2.75) is 43.5 Å². The molecule has 7 nitrogen and oxygen atoms in total. The third kappa shape index (κ3) is 4.98. The minimum Gasteiger partial charge on any atom is -0.360 e. The van der Waals surface area contributed by atoms with E-state index in [1.54, 1.807) is 4.90 Å². The SMILES string of the molecule is CCCCNc1nnc(SCC(=O)N2c3ccccc3NC(=O)C[C@H]2C)s1. The molecule has 1 aromatic carbocycles. The van der Waals surface area contributed by atoms with Gasteiger partial charge in [-0.15, -0.1) is 10.2 Å². The van der Waals surface area contributed by atoms with Gasteiger partial charge < -0.3 is 15.5 Å². The summed E-state index contributed by atoms with van der Waals surface area (Å²) in [6.07, 6.45) is 2.48. The number of benzene rings is 1. The van der Waals surface area contributed by atoms with E-state index in [9.17, 15) is 9.59 Å². The van der Waals surface area contributed by atoms with Gasteiger partial charge in [0.05, 0.1) is 17.1 Å². The van der Waals surface area contributed by atoms with Gasteiger partial charge in [-0.3, -0.25) is 9.59 Å². The molecule has 0 bridgehead atoms. The van der Waals surface area contributed by atoms with Crippen molar-refractivity contribution >= 4 is 51.4 Å². The molecule has 1 aliphatic rings. The Labute approximate surface area is 166 Å². The van der Waals surface area contributed by atoms with Crippen LogP contribution in [0.2, 0.25) is 0 Å². The van der Waals surface area contributed by atoms with Gasteiger partial charge in [0.2, 0.25) is 16.9 Å². The molecule has 0 fully saturated rings. The van der Waals surface area contributed by atoms with Crippen molar-refractivity contribution in [1.29, 1.82) is 0 Å². The first-order valence-electron chi connectivity index (χ1n) is 8.99. The van der Waals surface area contributed by atoms with E-state index in [2.05, 4.69) is 27.8 Å². The summed E-state index contributed by atoms with van der Waals surface area (Å²) >= 11 is 2.83. The van der Waals surface area contributed by atoms with E-state index in [1.807, 2.05) is 31.2 Å². The minimum absolute atomic E-state index is 0.0489. The van der Waals surface area contributed by atoms with E-state index in [-0.39, 0.29) is 30.0 Å². The van der Waals surface area contributed by atoms with Crippen molar-refractivity contribution in [2.75, 3.05) is 27.8 Å². The number of nitrogens with zero attached hydrogens (tertiary/aromatic N) is 3. The van der Waals surface area contributed by atoms with Gasteiger partial charge in [0.25, 0.3) is 0 Å². The van der Waals surface area contributed by atoms with Crippen molar-refractivity contribution in [3.8, 4) is 0 Å². The standard InChI is InChI=1S/C18H23N5O2S2/c1-3-4-9-19-17-21-22-18(27-17)26-11-16(25)23-12(2)10-15(24)20-13-7-5-6-8-14(13)23/h5-8,12H,3-4,9-11H2,1-2H3,(H,19,21)(H,20,24)/t12-/m1/s1. The van der Waals surface area contributed by atoms with Crippen LogP contribution in [0.5, 0.6) is 0 Å². The minimum atomic E-state index is -0.206. The van der Waals surface area contributed by atoms with Gasteiger partial charge >= 0.3 is 0 Å². The van der Waals surface area contributed by atoms with Gasteiger partial charge in [-0.05, 0) is 25.5 Å². The summed E-state index contributed by atoms with van der Waals surface area (Å²) in [6.45, 7) is 4.91. The fourth-order valence-corrected chi connectivity index (χ4v) is 4.51. The average Bonchev–Trinajstić information content (AvgIpc) is 3.04. The number of para-hydroxylation sites is 2. The molecule has 27 heavy (non-hydrogen) atoms. The maximum Gasteiger partial charge on any atom is 0.237 e. The van der Waals surface area contributed by atoms with Crippen LogP contribution < -0.4 is 15.5 Å². The van der Waals surface area contributed by atoms with Gasteiger partial charge in [-0.1, -0.05) is 48.6 Å². The van der Waals surface area contributed by atoms with Crippen LogP contribution in [0.3, 0.4) is 0 Å². The number of aromatic nitrogens is 2. The summed E-state index contributed by atoms with van der Waals surface area (Å²) in [7, 11) is 0. The molecule has 0 saturated carbocycles. The van der Waals surface area contributed by atoms with E-state index in [4.69, 9.17) is 0 Å². The van der Waals surface area contributed by atoms with Gasteiger partial charge in [0.1, 0.15) is 0 Å². The molecule has 0 saturated heterocycles. The number of amides is 2. The Morgan fingerprint density at radius 3 is 3.04 bits per heavy atom. The molecule has 144 valence electrons. The van der Waals surface area contributed by atoms with Crippen LogP contribution in [0.1, 0.15) is 33.1 Å². The van der Waals surface area contributed by atoms with Crippen molar-refractivity contribution < 1.29 is 9.59 Å². The van der Waals surface area contributed by atoms with Crippen molar-refractivity contribution in [1.82, 2.24) is 10.2 Å². The molecule has 1 atom stereocenters. The highest BCUT2D eigenvalue weighted by Gasteiger charge is 2.29. The number of nitrogens with one attached hydrogen (secondary N) is 2. The highest BCUT2D eigenvalue weighted by atomic mass is 32.2. The third-order valence-corrected chi connectivity index (χ3v) is 6.16. The van der Waals surface area contributed by atoms with E-state index >= 15 is 0 Å². The molecule has 3 rings (SSSR count). The number of unbranched alkanes of at least 4 members (excludes halogenated alkanes) is 1. The lowest BCUT2D eigenvalue weighted by Gasteiger charge is -2.27. The predicted octanol–water partition coefficient (Wildman–Crippen LogP) is 3.61. The Balaban J connectivity index is 1.66. The zero-order valence-corrected chi connectivity index (χ0v) is 17.0. The van der Waals surface area contributed by atoms with Gasteiger partial charge in [0, 0.05) is 19.0 Å². The molecule has 2 amide bonds. The summed E-state index contributed by atoms with van der Waals surface area (Å²) in [5, 5.41) is 15.1. The summed E-state index contributed by atoms with van der Waals surface area (Å²) in [4.78, 5) is 26.7. The number of carbonyl (C=O) groups excluding carboxylic acids is 2. The number of rotatable bonds is 7. The Bertz CT molecular complexity index is 811. The number of carbonyl (C=O) groups is 2. The smallest absolute Gasteiger partial charge is 0.237 e. The number of hydrogen-bond acceptors (Lipinski definition) is 7. The van der Waals surface area contributed by atoms with E-state index < -0.39 is 0 Å². The van der Waals surface area contributed by atoms with Crippen LogP contribution >= 0.6 is 23.1 Å². The fraction of sp³-hybridized carbons (Fsp3) is 0.444. The second kappa shape index (κ2) is 9.18. The lowest BCUT2D eigenvalue weighted by atomic mass is 10.2. The summed E-state index contributed by atoms with van der Waals surface area (Å²) in [6, 6.07) is 7.19. The molecular weight excluding hydrogens is 382 g/mol. The van der Waals surface area contributed by atoms with Crippen molar-refractivity contribution in [3.05, 3.63) is 24.3 Å². The monoisotopic (exact) mass is 405 g/mol. The first-order valence-corrected chi connectivity index (χ1v) is 10.8. The van der Waals surface area contributed by atoms with Crippen LogP contribution in [0.25, 0.3) is 0 Å². The Hall–Kier alpha value is -2.13. The third-order valence-electron chi connectivity index (χ3n) is 4.16. The topological polar surface area (TPSA) is 87.2 Å². The van der Waals surface area contributed by atoms with Crippen LogP contribution in [-0.4, -0.2) is 40.4 Å². The molecule has 1 aromatic heterocycles. The maximum absolute atomic E-state index is 12.9. The summed E-state index contributed by atoms with van der Waals surface area (Å²) in [5.74, 6) is 0.119. The summed E-state index contributed by atoms with van der Waals surface area (Å²) in [5.41, 5.74) is 1.41. The normalized spacial score (nSPS) is 16.4. The van der Waals surface area contributed by atoms with Crippen LogP contribution in [0, 0.1) is 0 Å². The Kier molecular flexibility index (Phi) is 6.68. The van der Waals surface area contributed by atoms with Crippen molar-refractivity contribution in [3.63, 3.8) is 0 Å². The fourth-order valence-electron chi connectivity index (χ4n) is 2.87. The van der Waals surface area contributed by atoms with Gasteiger partial charge in [-0.25, -0.2) is 0 Å². The molecule has 0 radical (unpaired) electrons. The zero-order chi connectivity index (χ0) is 19.2. The van der Waals surface area contributed by atoms with E-state index in [1.165, 1.54) is 23.1 Å². The molecule has 1 aliphatic heterocycles. The molecule has 0 aliphatic carbocycles. The van der Waals surface area contributed by atoms with E-state index in [0.29, 0.717) is 5.69 Å². The first kappa shape index (κ1) is 19.6. The number of thioether (sulfide) groups is 1. The predicted molar refractivity (Wildman–Crippen MR) is 111 cm³/mol. The largest absolute Gasteiger partial charge is 0.360 e. The molecule has 0 unspecified atom stereocenters. The molecule has 2 N–H and O–H groups in total. The van der Waals surface area contributed by atoms with E-state index in [0.717, 1.165) is 34.5 Å². The zero-order valence-electron chi connectivity index (χ0n) is 15.4. The first-order chi connectivity index (χ1) is 13.1. The van der Waals surface area contributed by atoms with Crippen LogP contribution in [-0.2, 0) is 9.59 Å². The number of fused-ring (bicyclic) bond motifs is 1. The quantitative estimate of drug-likeness (QED) is 0.541. The van der Waals surface area contributed by atoms with Crippen LogP contribution in [0.15, 0.2) is 28.6 Å². The summed E-state index contributed by atoms with van der Waals surface area (Å²) < 4.78 is 0.757. The Morgan fingerprint density at radius 1 is 1.41 bits per heavy atom. The highest BCUT2D eigenvalue weighted by molar-refractivity contribution is 8.01. The molecule has 9 heteroatoms. The lowest BCUT2D eigenvalue weighted by Crippen LogP contribution is -2.40. The molecular formula is C18H23N5O2S2. The average molecular weight is 406 g/mol. The molecule has 2 heterocycles. The number of hydrogen-bond donors (Lipinski definition) is 2. The van der Waals surface area contributed by atoms with Gasteiger partial charge in [0.15, 0.2) is 4.34 Å². The molecule has 0 spiro atoms. The maximum atomic E-state index is 12.9. The second-order valence-corrected chi connectivity index (χ2v) is 8.52.